The second-order valence-electron chi connectivity index (χ2n) is 4.07. The fourth-order valence-corrected chi connectivity index (χ4v) is 2.62. The molecule has 4 heteroatoms. The molecule has 0 heterocycles. The standard InChI is InChI=1S/C12H26O3P/c1-5-9-11(7-3)14-16(13)15-12(8-4)10-6-2/h11-12H,5-10H2,1-4H3/q+1. The Morgan fingerprint density at radius 3 is 1.50 bits per heavy atom. The third-order valence-electron chi connectivity index (χ3n) is 2.60. The molecule has 0 aliphatic rings. The summed E-state index contributed by atoms with van der Waals surface area (Å²) < 4.78 is 22.4. The van der Waals surface area contributed by atoms with Gasteiger partial charge in [0.05, 0.1) is 0 Å². The smallest absolute Gasteiger partial charge is 0.116 e. The van der Waals surface area contributed by atoms with E-state index in [1.54, 1.807) is 0 Å². The number of hydrogen-bond acceptors (Lipinski definition) is 3. The molecule has 0 amide bonds. The van der Waals surface area contributed by atoms with Crippen molar-refractivity contribution >= 4 is 8.25 Å². The van der Waals surface area contributed by atoms with E-state index in [1.807, 2.05) is 13.8 Å². The molecule has 0 aromatic rings. The summed E-state index contributed by atoms with van der Waals surface area (Å²) in [6.45, 7) is 8.30. The maximum Gasteiger partial charge on any atom is 0.697 e. The monoisotopic (exact) mass is 249 g/mol. The third kappa shape index (κ3) is 7.32. The minimum atomic E-state index is -1.94. The summed E-state index contributed by atoms with van der Waals surface area (Å²) in [6, 6.07) is 0. The predicted octanol–water partition coefficient (Wildman–Crippen LogP) is 4.83. The first-order chi connectivity index (χ1) is 7.67. The molecule has 0 fully saturated rings. The van der Waals surface area contributed by atoms with Crippen LogP contribution in [0.15, 0.2) is 0 Å². The first-order valence-corrected chi connectivity index (χ1v) is 7.58. The van der Waals surface area contributed by atoms with Crippen LogP contribution in [0.4, 0.5) is 0 Å². The first-order valence-electron chi connectivity index (χ1n) is 6.48. The van der Waals surface area contributed by atoms with Crippen molar-refractivity contribution in [1.82, 2.24) is 0 Å². The average molecular weight is 249 g/mol. The molecule has 0 aromatic carbocycles. The highest BCUT2D eigenvalue weighted by Gasteiger charge is 2.29. The molecular weight excluding hydrogens is 223 g/mol. The molecule has 96 valence electrons. The Balaban J connectivity index is 3.93. The average Bonchev–Trinajstić information content (AvgIpc) is 2.27. The van der Waals surface area contributed by atoms with E-state index < -0.39 is 8.25 Å². The molecule has 0 N–H and O–H groups in total. The Morgan fingerprint density at radius 2 is 1.25 bits per heavy atom. The van der Waals surface area contributed by atoms with Gasteiger partial charge in [-0.1, -0.05) is 40.5 Å². The van der Waals surface area contributed by atoms with Crippen LogP contribution in [0.5, 0.6) is 0 Å². The van der Waals surface area contributed by atoms with Gasteiger partial charge in [0.2, 0.25) is 0 Å². The molecule has 16 heavy (non-hydrogen) atoms. The Morgan fingerprint density at radius 1 is 0.875 bits per heavy atom. The van der Waals surface area contributed by atoms with E-state index in [2.05, 4.69) is 13.8 Å². The summed E-state index contributed by atoms with van der Waals surface area (Å²) in [7, 11) is -1.94. The van der Waals surface area contributed by atoms with E-state index in [0.29, 0.717) is 0 Å². The fourth-order valence-electron chi connectivity index (χ4n) is 1.57. The summed E-state index contributed by atoms with van der Waals surface area (Å²) >= 11 is 0. The molecular formula is C12H26O3P+. The molecule has 3 nitrogen and oxygen atoms in total. The van der Waals surface area contributed by atoms with E-state index >= 15 is 0 Å². The van der Waals surface area contributed by atoms with Crippen LogP contribution >= 0.6 is 8.25 Å². The van der Waals surface area contributed by atoms with Crippen LogP contribution in [0.25, 0.3) is 0 Å². The van der Waals surface area contributed by atoms with Crippen molar-refractivity contribution in [3.63, 3.8) is 0 Å². The zero-order chi connectivity index (χ0) is 12.4. The highest BCUT2D eigenvalue weighted by Crippen LogP contribution is 2.32. The molecule has 0 aliphatic carbocycles. The lowest BCUT2D eigenvalue weighted by molar-refractivity contribution is 0.116. The van der Waals surface area contributed by atoms with Gasteiger partial charge in [0.15, 0.2) is 0 Å². The maximum absolute atomic E-state index is 11.6. The topological polar surface area (TPSA) is 35.5 Å². The molecule has 0 saturated heterocycles. The molecule has 0 aliphatic heterocycles. The zero-order valence-electron chi connectivity index (χ0n) is 11.1. The highest BCUT2D eigenvalue weighted by atomic mass is 31.1. The van der Waals surface area contributed by atoms with Crippen LogP contribution in [-0.4, -0.2) is 12.2 Å². The highest BCUT2D eigenvalue weighted by molar-refractivity contribution is 7.33. The van der Waals surface area contributed by atoms with Crippen molar-refractivity contribution in [3.8, 4) is 0 Å². The number of hydrogen-bond donors (Lipinski definition) is 0. The van der Waals surface area contributed by atoms with Gasteiger partial charge in [-0.25, -0.2) is 0 Å². The molecule has 0 bridgehead atoms. The molecule has 0 spiro atoms. The summed E-state index contributed by atoms with van der Waals surface area (Å²) in [6.07, 6.45) is 5.94. The van der Waals surface area contributed by atoms with Crippen LogP contribution in [0, 0.1) is 0 Å². The second-order valence-corrected chi connectivity index (χ2v) is 4.94. The Bertz CT molecular complexity index is 167. The minimum absolute atomic E-state index is 0.0766. The largest absolute Gasteiger partial charge is 0.697 e. The van der Waals surface area contributed by atoms with E-state index in [1.165, 1.54) is 0 Å². The van der Waals surface area contributed by atoms with Gasteiger partial charge < -0.3 is 0 Å². The quantitative estimate of drug-likeness (QED) is 0.520. The van der Waals surface area contributed by atoms with Gasteiger partial charge in [0.1, 0.15) is 12.2 Å². The van der Waals surface area contributed by atoms with Crippen molar-refractivity contribution in [3.05, 3.63) is 0 Å². The van der Waals surface area contributed by atoms with Crippen molar-refractivity contribution < 1.29 is 13.6 Å². The lowest BCUT2D eigenvalue weighted by atomic mass is 10.2. The maximum atomic E-state index is 11.6. The van der Waals surface area contributed by atoms with E-state index in [0.717, 1.165) is 38.5 Å². The molecule has 2 atom stereocenters. The predicted molar refractivity (Wildman–Crippen MR) is 67.8 cm³/mol. The molecule has 0 rings (SSSR count). The number of rotatable bonds is 10. The van der Waals surface area contributed by atoms with Crippen LogP contribution in [-0.2, 0) is 13.6 Å². The van der Waals surface area contributed by atoms with E-state index in [4.69, 9.17) is 9.05 Å². The second kappa shape index (κ2) is 10.2. The zero-order valence-corrected chi connectivity index (χ0v) is 12.0. The van der Waals surface area contributed by atoms with Gasteiger partial charge in [-0.15, -0.1) is 9.05 Å². The van der Waals surface area contributed by atoms with Gasteiger partial charge in [-0.3, -0.25) is 0 Å². The lowest BCUT2D eigenvalue weighted by Crippen LogP contribution is -2.11. The van der Waals surface area contributed by atoms with Gasteiger partial charge in [0.25, 0.3) is 0 Å². The van der Waals surface area contributed by atoms with Crippen LogP contribution in [0.3, 0.4) is 0 Å². The van der Waals surface area contributed by atoms with Gasteiger partial charge in [-0.05, 0) is 25.7 Å². The van der Waals surface area contributed by atoms with Gasteiger partial charge >= 0.3 is 8.25 Å². The SMILES string of the molecule is CCCC(CC)O[P+](=O)OC(CC)CCC. The van der Waals surface area contributed by atoms with Crippen LogP contribution in [0.1, 0.15) is 66.2 Å². The molecule has 0 radical (unpaired) electrons. The minimum Gasteiger partial charge on any atom is -0.116 e. The molecule has 0 aromatic heterocycles. The van der Waals surface area contributed by atoms with Gasteiger partial charge in [0, 0.05) is 4.57 Å². The third-order valence-corrected chi connectivity index (χ3v) is 3.54. The Hall–Kier alpha value is 0.0200. The summed E-state index contributed by atoms with van der Waals surface area (Å²) in [5, 5.41) is 0. The Labute approximate surface area is 101 Å². The molecule has 0 saturated carbocycles. The summed E-state index contributed by atoms with van der Waals surface area (Å²) in [4.78, 5) is 0. The van der Waals surface area contributed by atoms with Crippen LogP contribution in [0.2, 0.25) is 0 Å². The lowest BCUT2D eigenvalue weighted by Gasteiger charge is -2.08. The van der Waals surface area contributed by atoms with Crippen molar-refractivity contribution in [1.29, 1.82) is 0 Å². The normalized spacial score (nSPS) is 15.9. The van der Waals surface area contributed by atoms with Gasteiger partial charge in [-0.2, -0.15) is 0 Å². The summed E-state index contributed by atoms with van der Waals surface area (Å²) in [5.41, 5.74) is 0. The van der Waals surface area contributed by atoms with Crippen molar-refractivity contribution in [2.75, 3.05) is 0 Å². The van der Waals surface area contributed by atoms with E-state index in [-0.39, 0.29) is 12.2 Å². The fraction of sp³-hybridized carbons (Fsp3) is 1.00. The summed E-state index contributed by atoms with van der Waals surface area (Å²) in [5.74, 6) is 0. The van der Waals surface area contributed by atoms with Crippen molar-refractivity contribution in [2.45, 2.75) is 78.4 Å². The molecule has 2 unspecified atom stereocenters. The van der Waals surface area contributed by atoms with E-state index in [9.17, 15) is 4.57 Å². The Kier molecular flexibility index (Phi) is 10.2. The first kappa shape index (κ1) is 16.0. The van der Waals surface area contributed by atoms with Crippen molar-refractivity contribution in [2.24, 2.45) is 0 Å². The van der Waals surface area contributed by atoms with Crippen LogP contribution < -0.4 is 0 Å².